The molecule has 4 N–H and O–H groups in total. The Labute approximate surface area is 158 Å². The normalized spacial score (nSPS) is 15.2. The summed E-state index contributed by atoms with van der Waals surface area (Å²) in [5.41, 5.74) is 6.49. The van der Waals surface area contributed by atoms with Crippen molar-refractivity contribution in [2.45, 2.75) is 18.9 Å². The van der Waals surface area contributed by atoms with E-state index >= 15 is 0 Å². The van der Waals surface area contributed by atoms with Crippen LogP contribution in [-0.2, 0) is 0 Å². The van der Waals surface area contributed by atoms with Gasteiger partial charge in [-0.25, -0.2) is 0 Å². The number of likely N-dealkylation sites (tertiary alicyclic amines) is 1. The zero-order chi connectivity index (χ0) is 18.0. The number of benzene rings is 1. The number of piperidine rings is 1. The summed E-state index contributed by atoms with van der Waals surface area (Å²) in [7, 11) is 0. The average Bonchev–Trinajstić information content (AvgIpc) is 2.96. The molecule has 132 valence electrons. The topological polar surface area (TPSA) is 104 Å². The van der Waals surface area contributed by atoms with Crippen LogP contribution in [0, 0.1) is 0 Å². The number of anilines is 1. The molecule has 1 fully saturated rings. The van der Waals surface area contributed by atoms with Gasteiger partial charge in [-0.1, -0.05) is 23.7 Å². The number of carbonyl (C=O) groups is 2. The van der Waals surface area contributed by atoms with Crippen molar-refractivity contribution < 1.29 is 9.59 Å². The Morgan fingerprint density at radius 2 is 2.00 bits per heavy atom. The lowest BCUT2D eigenvalue weighted by atomic mass is 10.1. The molecule has 1 aliphatic rings. The first-order chi connectivity index (χ1) is 12.0. The first-order valence-electron chi connectivity index (χ1n) is 7.82. The van der Waals surface area contributed by atoms with Gasteiger partial charge in [-0.3, -0.25) is 14.7 Å². The molecule has 1 aromatic heterocycles. The monoisotopic (exact) mass is 425 g/mol. The van der Waals surface area contributed by atoms with Crippen molar-refractivity contribution in [2.75, 3.05) is 18.4 Å². The van der Waals surface area contributed by atoms with Crippen LogP contribution in [0.4, 0.5) is 5.82 Å². The molecule has 1 aromatic carbocycles. The van der Waals surface area contributed by atoms with E-state index in [1.165, 1.54) is 0 Å². The van der Waals surface area contributed by atoms with Crippen molar-refractivity contribution in [1.82, 2.24) is 15.1 Å². The number of halogens is 2. The summed E-state index contributed by atoms with van der Waals surface area (Å²) >= 11 is 9.36. The molecule has 0 radical (unpaired) electrons. The Balaban J connectivity index is 1.74. The predicted molar refractivity (Wildman–Crippen MR) is 98.8 cm³/mol. The van der Waals surface area contributed by atoms with Gasteiger partial charge in [0.2, 0.25) is 0 Å². The van der Waals surface area contributed by atoms with Gasteiger partial charge in [0.25, 0.3) is 11.8 Å². The maximum absolute atomic E-state index is 12.6. The zero-order valence-electron chi connectivity index (χ0n) is 13.3. The first-order valence-corrected chi connectivity index (χ1v) is 8.99. The average molecular weight is 427 g/mol. The van der Waals surface area contributed by atoms with Gasteiger partial charge < -0.3 is 16.0 Å². The molecule has 1 saturated heterocycles. The van der Waals surface area contributed by atoms with Crippen molar-refractivity contribution in [3.05, 3.63) is 45.0 Å². The van der Waals surface area contributed by atoms with Crippen LogP contribution in [0.5, 0.6) is 0 Å². The van der Waals surface area contributed by atoms with Crippen LogP contribution in [0.2, 0.25) is 5.02 Å². The fourth-order valence-corrected chi connectivity index (χ4v) is 3.30. The number of hydrogen-bond acceptors (Lipinski definition) is 4. The van der Waals surface area contributed by atoms with Gasteiger partial charge >= 0.3 is 0 Å². The van der Waals surface area contributed by atoms with Crippen molar-refractivity contribution in [1.29, 1.82) is 0 Å². The summed E-state index contributed by atoms with van der Waals surface area (Å²) < 4.78 is 0.410. The number of nitrogens with one attached hydrogen (secondary N) is 2. The first kappa shape index (κ1) is 17.9. The number of nitrogens with zero attached hydrogens (tertiary/aromatic N) is 2. The summed E-state index contributed by atoms with van der Waals surface area (Å²) in [6.07, 6.45) is 1.54. The minimum atomic E-state index is -0.402. The van der Waals surface area contributed by atoms with Gasteiger partial charge in [0, 0.05) is 19.1 Å². The number of rotatable bonds is 3. The highest BCUT2D eigenvalue weighted by atomic mass is 79.9. The molecular formula is C16H17BrClN5O2. The Hall–Kier alpha value is -1.90. The molecular weight excluding hydrogens is 410 g/mol. The second kappa shape index (κ2) is 7.55. The lowest BCUT2D eigenvalue weighted by Crippen LogP contribution is -2.43. The summed E-state index contributed by atoms with van der Waals surface area (Å²) in [6.45, 7) is 1.21. The molecule has 25 heavy (non-hydrogen) atoms. The number of aromatic nitrogens is 2. The molecule has 3 rings (SSSR count). The van der Waals surface area contributed by atoms with E-state index < -0.39 is 5.91 Å². The van der Waals surface area contributed by atoms with Crippen LogP contribution >= 0.6 is 27.5 Å². The third-order valence-corrected chi connectivity index (χ3v) is 5.20. The molecule has 0 unspecified atom stereocenters. The molecule has 0 saturated carbocycles. The Kier molecular flexibility index (Phi) is 5.41. The molecule has 2 amide bonds. The summed E-state index contributed by atoms with van der Waals surface area (Å²) in [4.78, 5) is 26.6. The van der Waals surface area contributed by atoms with E-state index in [9.17, 15) is 9.59 Å². The fraction of sp³-hybridized carbons (Fsp3) is 0.312. The summed E-state index contributed by atoms with van der Waals surface area (Å²) in [5.74, 6) is -0.341. The Bertz CT molecular complexity index is 802. The number of hydrogen-bond donors (Lipinski definition) is 3. The van der Waals surface area contributed by atoms with Gasteiger partial charge in [-0.05, 0) is 40.9 Å². The van der Waals surface area contributed by atoms with Crippen LogP contribution in [0.25, 0.3) is 0 Å². The lowest BCUT2D eigenvalue weighted by Gasteiger charge is -2.29. The lowest BCUT2D eigenvalue weighted by molar-refractivity contribution is 0.0707. The zero-order valence-corrected chi connectivity index (χ0v) is 15.6. The van der Waals surface area contributed by atoms with Crippen LogP contribution < -0.4 is 11.1 Å². The Morgan fingerprint density at radius 1 is 1.32 bits per heavy atom. The number of nitrogens with two attached hydrogens (primary N) is 1. The van der Waals surface area contributed by atoms with E-state index in [0.29, 0.717) is 33.8 Å². The molecule has 0 atom stereocenters. The van der Waals surface area contributed by atoms with Gasteiger partial charge in [-0.15, -0.1) is 0 Å². The second-order valence-electron chi connectivity index (χ2n) is 5.82. The van der Waals surface area contributed by atoms with Crippen LogP contribution in [0.3, 0.4) is 0 Å². The molecule has 1 aliphatic heterocycles. The number of aromatic amines is 1. The van der Waals surface area contributed by atoms with E-state index in [4.69, 9.17) is 17.3 Å². The number of H-pyrrole nitrogens is 1. The highest BCUT2D eigenvalue weighted by molar-refractivity contribution is 9.10. The summed E-state index contributed by atoms with van der Waals surface area (Å²) in [6, 6.07) is 6.84. The highest BCUT2D eigenvalue weighted by Crippen LogP contribution is 2.27. The van der Waals surface area contributed by atoms with Gasteiger partial charge in [0.1, 0.15) is 5.69 Å². The van der Waals surface area contributed by atoms with Crippen molar-refractivity contribution in [2.24, 2.45) is 5.73 Å². The molecule has 2 heterocycles. The molecule has 0 aliphatic carbocycles. The SMILES string of the molecule is NC1CCN(C(=O)c2[nH]nc(NC(=O)c3ccccc3Cl)c2Br)CC1. The van der Waals surface area contributed by atoms with Crippen LogP contribution in [0.1, 0.15) is 33.7 Å². The van der Waals surface area contributed by atoms with Crippen LogP contribution in [0.15, 0.2) is 28.7 Å². The van der Waals surface area contributed by atoms with E-state index in [2.05, 4.69) is 31.4 Å². The standard InChI is InChI=1S/C16H17BrClN5O2/c17-12-13(16(25)23-7-5-9(19)6-8-23)21-22-14(12)20-15(24)10-3-1-2-4-11(10)18/h1-4,9H,5-8,19H2,(H2,20,21,22,24). The van der Waals surface area contributed by atoms with E-state index in [-0.39, 0.29) is 17.8 Å². The van der Waals surface area contributed by atoms with Crippen molar-refractivity contribution >= 4 is 45.2 Å². The Morgan fingerprint density at radius 3 is 2.68 bits per heavy atom. The minimum absolute atomic E-state index is 0.139. The molecule has 0 bridgehead atoms. The largest absolute Gasteiger partial charge is 0.337 e. The molecule has 0 spiro atoms. The highest BCUT2D eigenvalue weighted by Gasteiger charge is 2.26. The van der Waals surface area contributed by atoms with E-state index in [0.717, 1.165) is 12.8 Å². The second-order valence-corrected chi connectivity index (χ2v) is 7.02. The van der Waals surface area contributed by atoms with Crippen molar-refractivity contribution in [3.63, 3.8) is 0 Å². The number of carbonyl (C=O) groups excluding carboxylic acids is 2. The maximum Gasteiger partial charge on any atom is 0.273 e. The smallest absolute Gasteiger partial charge is 0.273 e. The predicted octanol–water partition coefficient (Wildman–Crippen LogP) is 2.64. The molecule has 9 heteroatoms. The van der Waals surface area contributed by atoms with Crippen molar-refractivity contribution in [3.8, 4) is 0 Å². The fourth-order valence-electron chi connectivity index (χ4n) is 2.63. The third kappa shape index (κ3) is 3.86. The number of amides is 2. The molecule has 2 aromatic rings. The molecule has 7 nitrogen and oxygen atoms in total. The van der Waals surface area contributed by atoms with Gasteiger partial charge in [-0.2, -0.15) is 5.10 Å². The van der Waals surface area contributed by atoms with E-state index in [1.807, 2.05) is 0 Å². The quantitative estimate of drug-likeness (QED) is 0.702. The maximum atomic E-state index is 12.6. The van der Waals surface area contributed by atoms with E-state index in [1.54, 1.807) is 29.2 Å². The van der Waals surface area contributed by atoms with Gasteiger partial charge in [0.15, 0.2) is 5.82 Å². The third-order valence-electron chi connectivity index (χ3n) is 4.10. The minimum Gasteiger partial charge on any atom is -0.337 e. The van der Waals surface area contributed by atoms with Gasteiger partial charge in [0.05, 0.1) is 15.1 Å². The van der Waals surface area contributed by atoms with Crippen LogP contribution in [-0.4, -0.2) is 46.0 Å². The summed E-state index contributed by atoms with van der Waals surface area (Å²) in [5, 5.41) is 9.70.